The molecule has 1 heterocycles. The molecular formula is C15H25N3O2. The maximum absolute atomic E-state index is 12.3. The number of aromatic hydroxyl groups is 1. The molecule has 1 unspecified atom stereocenters. The molecule has 0 saturated carbocycles. The number of hydrogen-bond donors (Lipinski definition) is 2. The van der Waals surface area contributed by atoms with Gasteiger partial charge in [-0.3, -0.25) is 14.4 Å². The fourth-order valence-corrected chi connectivity index (χ4v) is 2.36. The molecule has 0 aliphatic heterocycles. The summed E-state index contributed by atoms with van der Waals surface area (Å²) in [6, 6.07) is 0. The summed E-state index contributed by atoms with van der Waals surface area (Å²) in [7, 11) is 0. The number of aromatic nitrogens is 1. The largest absolute Gasteiger partial charge is 0.493 e. The average molecular weight is 279 g/mol. The third-order valence-corrected chi connectivity index (χ3v) is 3.85. The Morgan fingerprint density at radius 1 is 1.45 bits per heavy atom. The lowest BCUT2D eigenvalue weighted by Crippen LogP contribution is -2.25. The van der Waals surface area contributed by atoms with E-state index >= 15 is 0 Å². The maximum atomic E-state index is 12.3. The van der Waals surface area contributed by atoms with E-state index in [9.17, 15) is 9.90 Å². The highest BCUT2D eigenvalue weighted by Crippen LogP contribution is 2.29. The van der Waals surface area contributed by atoms with E-state index in [2.05, 4.69) is 25.6 Å². The first-order chi connectivity index (χ1) is 9.47. The van der Waals surface area contributed by atoms with Crippen LogP contribution < -0.4 is 11.3 Å². The van der Waals surface area contributed by atoms with Crippen molar-refractivity contribution in [3.05, 3.63) is 15.9 Å². The maximum Gasteiger partial charge on any atom is 0.279 e. The summed E-state index contributed by atoms with van der Waals surface area (Å²) in [5.74, 6) is 0.188. The number of pyridine rings is 1. The number of nitrogen functional groups attached to an aromatic ring is 1. The van der Waals surface area contributed by atoms with Gasteiger partial charge < -0.3 is 10.8 Å². The number of hydrogen-bond acceptors (Lipinski definition) is 4. The van der Waals surface area contributed by atoms with Gasteiger partial charge in [0.15, 0.2) is 0 Å². The zero-order valence-electron chi connectivity index (χ0n) is 12.6. The molecule has 0 aromatic carbocycles. The van der Waals surface area contributed by atoms with Crippen molar-refractivity contribution in [1.29, 1.82) is 0 Å². The van der Waals surface area contributed by atoms with Gasteiger partial charge in [-0.15, -0.1) is 0 Å². The number of anilines is 1. The van der Waals surface area contributed by atoms with Gasteiger partial charge in [-0.05, 0) is 26.0 Å². The van der Waals surface area contributed by atoms with Crippen LogP contribution in [0.4, 0.5) is 11.4 Å². The van der Waals surface area contributed by atoms with Crippen LogP contribution in [0, 0.1) is 12.8 Å². The highest BCUT2D eigenvalue weighted by molar-refractivity contribution is 5.65. The Labute approximate surface area is 120 Å². The summed E-state index contributed by atoms with van der Waals surface area (Å²) < 4.78 is 1.33. The van der Waals surface area contributed by atoms with E-state index < -0.39 is 0 Å². The van der Waals surface area contributed by atoms with Gasteiger partial charge in [-0.2, -0.15) is 0 Å². The normalized spacial score (nSPS) is 12.3. The van der Waals surface area contributed by atoms with Crippen molar-refractivity contribution >= 4 is 18.1 Å². The molecule has 0 amide bonds. The fraction of sp³-hybridized carbons (Fsp3) is 0.600. The third-order valence-electron chi connectivity index (χ3n) is 3.85. The van der Waals surface area contributed by atoms with Crippen molar-refractivity contribution in [3.8, 4) is 5.88 Å². The SMILES string of the molecule is C=Nc1c(C)c(N)c(O)n(CC(CC)CCCC)c1=O. The molecule has 1 aromatic heterocycles. The summed E-state index contributed by atoms with van der Waals surface area (Å²) in [5, 5.41) is 10.1. The van der Waals surface area contributed by atoms with Crippen LogP contribution in [0.3, 0.4) is 0 Å². The Balaban J connectivity index is 3.21. The van der Waals surface area contributed by atoms with Crippen molar-refractivity contribution in [2.24, 2.45) is 10.9 Å². The fourth-order valence-electron chi connectivity index (χ4n) is 2.36. The molecule has 0 aliphatic carbocycles. The highest BCUT2D eigenvalue weighted by atomic mass is 16.3. The summed E-state index contributed by atoms with van der Waals surface area (Å²) in [5.41, 5.74) is 6.45. The van der Waals surface area contributed by atoms with Gasteiger partial charge in [0.1, 0.15) is 5.69 Å². The Hall–Kier alpha value is -1.78. The van der Waals surface area contributed by atoms with Gasteiger partial charge in [0.25, 0.3) is 5.56 Å². The monoisotopic (exact) mass is 279 g/mol. The zero-order chi connectivity index (χ0) is 15.3. The van der Waals surface area contributed by atoms with Crippen LogP contribution >= 0.6 is 0 Å². The summed E-state index contributed by atoms with van der Waals surface area (Å²) in [6.07, 6.45) is 4.22. The topological polar surface area (TPSA) is 80.6 Å². The standard InChI is InChI=1S/C15H25N3O2/c1-5-7-8-11(6-2)9-18-14(19)12(16)10(3)13(17-4)15(18)20/h11,19H,4-9,16H2,1-3H3. The first kappa shape index (κ1) is 16.3. The van der Waals surface area contributed by atoms with E-state index in [1.165, 1.54) is 4.57 Å². The quantitative estimate of drug-likeness (QED) is 0.753. The molecule has 112 valence electrons. The van der Waals surface area contributed by atoms with E-state index in [0.29, 0.717) is 18.0 Å². The van der Waals surface area contributed by atoms with Crippen molar-refractivity contribution in [2.45, 2.75) is 53.0 Å². The van der Waals surface area contributed by atoms with Gasteiger partial charge in [-0.1, -0.05) is 33.1 Å². The molecule has 0 aliphatic rings. The molecule has 1 rings (SSSR count). The van der Waals surface area contributed by atoms with E-state index in [1.807, 2.05) is 0 Å². The van der Waals surface area contributed by atoms with Gasteiger partial charge in [0.2, 0.25) is 5.88 Å². The highest BCUT2D eigenvalue weighted by Gasteiger charge is 2.18. The second-order valence-corrected chi connectivity index (χ2v) is 5.20. The van der Waals surface area contributed by atoms with E-state index in [-0.39, 0.29) is 22.8 Å². The number of rotatable bonds is 7. The summed E-state index contributed by atoms with van der Waals surface area (Å²) >= 11 is 0. The molecule has 5 heteroatoms. The Kier molecular flexibility index (Phi) is 5.80. The second kappa shape index (κ2) is 7.12. The van der Waals surface area contributed by atoms with Crippen LogP contribution in [0.1, 0.15) is 45.1 Å². The predicted molar refractivity (Wildman–Crippen MR) is 84.0 cm³/mol. The molecule has 3 N–H and O–H groups in total. The zero-order valence-corrected chi connectivity index (χ0v) is 12.6. The van der Waals surface area contributed by atoms with Crippen LogP contribution in [-0.2, 0) is 6.54 Å². The van der Waals surface area contributed by atoms with Crippen LogP contribution in [0.25, 0.3) is 0 Å². The first-order valence-corrected chi connectivity index (χ1v) is 7.16. The smallest absolute Gasteiger partial charge is 0.279 e. The Morgan fingerprint density at radius 3 is 2.60 bits per heavy atom. The first-order valence-electron chi connectivity index (χ1n) is 7.16. The molecule has 0 fully saturated rings. The lowest BCUT2D eigenvalue weighted by atomic mass is 9.99. The lowest BCUT2D eigenvalue weighted by molar-refractivity contribution is 0.341. The number of unbranched alkanes of at least 4 members (excludes halogenated alkanes) is 1. The van der Waals surface area contributed by atoms with E-state index in [1.54, 1.807) is 6.92 Å². The molecule has 1 aromatic rings. The summed E-state index contributed by atoms with van der Waals surface area (Å²) in [4.78, 5) is 16.1. The van der Waals surface area contributed by atoms with Gasteiger partial charge in [0.05, 0.1) is 5.69 Å². The van der Waals surface area contributed by atoms with Crippen molar-refractivity contribution in [2.75, 3.05) is 5.73 Å². The van der Waals surface area contributed by atoms with E-state index in [4.69, 9.17) is 5.73 Å². The number of aliphatic imine (C=N–C) groups is 1. The minimum Gasteiger partial charge on any atom is -0.493 e. The molecule has 0 radical (unpaired) electrons. The number of nitrogens with two attached hydrogens (primary N) is 1. The molecule has 20 heavy (non-hydrogen) atoms. The van der Waals surface area contributed by atoms with Gasteiger partial charge in [0, 0.05) is 12.1 Å². The van der Waals surface area contributed by atoms with Gasteiger partial charge in [-0.25, -0.2) is 0 Å². The van der Waals surface area contributed by atoms with Gasteiger partial charge >= 0.3 is 0 Å². The summed E-state index contributed by atoms with van der Waals surface area (Å²) in [6.45, 7) is 9.77. The predicted octanol–water partition coefficient (Wildman–Crippen LogP) is 2.99. The molecule has 0 saturated heterocycles. The molecule has 0 bridgehead atoms. The molecule has 5 nitrogen and oxygen atoms in total. The third kappa shape index (κ3) is 3.21. The van der Waals surface area contributed by atoms with Crippen molar-refractivity contribution in [1.82, 2.24) is 4.57 Å². The minimum absolute atomic E-state index is 0.158. The molecular weight excluding hydrogens is 254 g/mol. The van der Waals surface area contributed by atoms with Crippen molar-refractivity contribution < 1.29 is 5.11 Å². The second-order valence-electron chi connectivity index (χ2n) is 5.20. The Bertz CT molecular complexity index is 535. The number of nitrogens with zero attached hydrogens (tertiary/aromatic N) is 2. The van der Waals surface area contributed by atoms with Crippen LogP contribution in [0.5, 0.6) is 5.88 Å². The Morgan fingerprint density at radius 2 is 2.10 bits per heavy atom. The lowest BCUT2D eigenvalue weighted by Gasteiger charge is -2.19. The van der Waals surface area contributed by atoms with E-state index in [0.717, 1.165) is 25.7 Å². The van der Waals surface area contributed by atoms with Crippen molar-refractivity contribution in [3.63, 3.8) is 0 Å². The average Bonchev–Trinajstić information content (AvgIpc) is 2.45. The minimum atomic E-state index is -0.320. The van der Waals surface area contributed by atoms with Crippen LogP contribution in [0.2, 0.25) is 0 Å². The van der Waals surface area contributed by atoms with Crippen LogP contribution in [-0.4, -0.2) is 16.4 Å². The van der Waals surface area contributed by atoms with Crippen LogP contribution in [0.15, 0.2) is 9.79 Å². The molecule has 0 spiro atoms. The molecule has 1 atom stereocenters.